The first-order valence-electron chi connectivity index (χ1n) is 7.72. The van der Waals surface area contributed by atoms with Crippen molar-refractivity contribution in [3.05, 3.63) is 32.2 Å². The van der Waals surface area contributed by atoms with Gasteiger partial charge in [0.05, 0.1) is 4.47 Å². The summed E-state index contributed by atoms with van der Waals surface area (Å²) in [6.07, 6.45) is 7.94. The molecule has 4 rings (SSSR count). The lowest BCUT2D eigenvalue weighted by Crippen LogP contribution is -2.46. The molecule has 1 atom stereocenters. The Labute approximate surface area is 132 Å². The summed E-state index contributed by atoms with van der Waals surface area (Å²) in [5.74, 6) is -0.0906. The van der Waals surface area contributed by atoms with Crippen molar-refractivity contribution in [2.75, 3.05) is 0 Å². The highest BCUT2D eigenvalue weighted by molar-refractivity contribution is 9.10. The highest BCUT2D eigenvalue weighted by Gasteiger charge is 2.55. The zero-order valence-corrected chi connectivity index (χ0v) is 13.8. The summed E-state index contributed by atoms with van der Waals surface area (Å²) in [7, 11) is 0. The molecule has 2 spiro atoms. The Morgan fingerprint density at radius 2 is 1.90 bits per heavy atom. The number of pyridine rings is 1. The molecule has 112 valence electrons. The van der Waals surface area contributed by atoms with Crippen molar-refractivity contribution >= 4 is 21.8 Å². The first-order chi connectivity index (χ1) is 9.96. The molecule has 2 heterocycles. The van der Waals surface area contributed by atoms with Gasteiger partial charge in [-0.1, -0.05) is 12.8 Å². The largest absolute Gasteiger partial charge is 0.327 e. The highest BCUT2D eigenvalue weighted by Crippen LogP contribution is 2.56. The van der Waals surface area contributed by atoms with Gasteiger partial charge in [-0.05, 0) is 72.0 Å². The zero-order valence-electron chi connectivity index (χ0n) is 12.2. The minimum atomic E-state index is -0.484. The number of nitrogens with one attached hydrogen (secondary N) is 1. The van der Waals surface area contributed by atoms with Gasteiger partial charge in [0, 0.05) is 0 Å². The molecule has 0 radical (unpaired) electrons. The molecular formula is C16H19BrN2O2. The Hall–Kier alpha value is -1.10. The van der Waals surface area contributed by atoms with Gasteiger partial charge in [0.1, 0.15) is 11.4 Å². The van der Waals surface area contributed by atoms with Gasteiger partial charge in [-0.2, -0.15) is 0 Å². The monoisotopic (exact) mass is 350 g/mol. The zero-order chi connectivity index (χ0) is 14.8. The van der Waals surface area contributed by atoms with E-state index in [9.17, 15) is 9.59 Å². The van der Waals surface area contributed by atoms with Crippen molar-refractivity contribution in [2.24, 2.45) is 5.41 Å². The second-order valence-electron chi connectivity index (χ2n) is 7.03. The Morgan fingerprint density at radius 1 is 1.19 bits per heavy atom. The standard InChI is InChI=1S/C16H19BrN2O2/c1-10-8-11(17)14(21)19-12(10)13(20)18-16(19)7-6-15(9-16)4-2-3-5-15/h8H,2-7,9H2,1H3,(H,18,20). The summed E-state index contributed by atoms with van der Waals surface area (Å²) in [5.41, 5.74) is 1.19. The van der Waals surface area contributed by atoms with Gasteiger partial charge in [0.2, 0.25) is 0 Å². The molecule has 1 amide bonds. The Kier molecular flexibility index (Phi) is 2.72. The fourth-order valence-corrected chi connectivity index (χ4v) is 5.36. The van der Waals surface area contributed by atoms with Crippen molar-refractivity contribution < 1.29 is 4.79 Å². The number of fused-ring (bicyclic) bond motifs is 2. The smallest absolute Gasteiger partial charge is 0.270 e. The van der Waals surface area contributed by atoms with Gasteiger partial charge in [-0.25, -0.2) is 0 Å². The summed E-state index contributed by atoms with van der Waals surface area (Å²) in [6.45, 7) is 1.90. The lowest BCUT2D eigenvalue weighted by molar-refractivity contribution is 0.0910. The fraction of sp³-hybridized carbons (Fsp3) is 0.625. The van der Waals surface area contributed by atoms with E-state index in [2.05, 4.69) is 21.2 Å². The van der Waals surface area contributed by atoms with Crippen LogP contribution in [0, 0.1) is 12.3 Å². The second kappa shape index (κ2) is 4.22. The molecule has 3 aliphatic rings. The van der Waals surface area contributed by atoms with E-state index in [4.69, 9.17) is 0 Å². The predicted molar refractivity (Wildman–Crippen MR) is 83.3 cm³/mol. The van der Waals surface area contributed by atoms with Crippen LogP contribution in [-0.4, -0.2) is 10.5 Å². The van der Waals surface area contributed by atoms with Gasteiger partial charge < -0.3 is 5.32 Å². The molecule has 1 aromatic rings. The molecule has 1 aromatic heterocycles. The van der Waals surface area contributed by atoms with Crippen LogP contribution in [0.5, 0.6) is 0 Å². The van der Waals surface area contributed by atoms with E-state index in [-0.39, 0.29) is 11.5 Å². The number of hydrogen-bond acceptors (Lipinski definition) is 2. The van der Waals surface area contributed by atoms with Crippen molar-refractivity contribution in [2.45, 2.75) is 57.5 Å². The minimum absolute atomic E-state index is 0.0796. The quantitative estimate of drug-likeness (QED) is 0.781. The molecule has 0 saturated heterocycles. The summed E-state index contributed by atoms with van der Waals surface area (Å²) in [4.78, 5) is 25.1. The third-order valence-electron chi connectivity index (χ3n) is 5.74. The van der Waals surface area contributed by atoms with E-state index in [1.54, 1.807) is 10.6 Å². The molecule has 21 heavy (non-hydrogen) atoms. The Bertz CT molecular complexity index is 703. The lowest BCUT2D eigenvalue weighted by Gasteiger charge is -2.30. The highest BCUT2D eigenvalue weighted by atomic mass is 79.9. The fourth-order valence-electron chi connectivity index (χ4n) is 4.84. The predicted octanol–water partition coefficient (Wildman–Crippen LogP) is 3.06. The van der Waals surface area contributed by atoms with Crippen LogP contribution in [0.3, 0.4) is 0 Å². The molecule has 2 aliphatic carbocycles. The van der Waals surface area contributed by atoms with E-state index in [1.807, 2.05) is 6.92 Å². The summed E-state index contributed by atoms with van der Waals surface area (Å²) in [5, 5.41) is 3.16. The van der Waals surface area contributed by atoms with Crippen molar-refractivity contribution in [3.8, 4) is 0 Å². The molecule has 2 fully saturated rings. The van der Waals surface area contributed by atoms with Crippen LogP contribution in [0.25, 0.3) is 0 Å². The number of hydrogen-bond donors (Lipinski definition) is 1. The third kappa shape index (κ3) is 1.73. The van der Waals surface area contributed by atoms with E-state index >= 15 is 0 Å². The van der Waals surface area contributed by atoms with Gasteiger partial charge >= 0.3 is 0 Å². The van der Waals surface area contributed by atoms with Gasteiger partial charge in [-0.3, -0.25) is 14.2 Å². The topological polar surface area (TPSA) is 51.1 Å². The maximum atomic E-state index is 12.6. The van der Waals surface area contributed by atoms with Crippen molar-refractivity contribution in [3.63, 3.8) is 0 Å². The van der Waals surface area contributed by atoms with E-state index in [0.717, 1.165) is 24.8 Å². The van der Waals surface area contributed by atoms with Crippen LogP contribution in [0.2, 0.25) is 0 Å². The number of aryl methyl sites for hydroxylation is 1. The van der Waals surface area contributed by atoms with Crippen LogP contribution >= 0.6 is 15.9 Å². The number of nitrogens with zero attached hydrogens (tertiary/aromatic N) is 1. The van der Waals surface area contributed by atoms with Gasteiger partial charge in [0.25, 0.3) is 11.5 Å². The summed E-state index contributed by atoms with van der Waals surface area (Å²) >= 11 is 3.35. The average molecular weight is 351 g/mol. The molecule has 5 heteroatoms. The van der Waals surface area contributed by atoms with Crippen molar-refractivity contribution in [1.29, 1.82) is 0 Å². The second-order valence-corrected chi connectivity index (χ2v) is 7.89. The molecule has 2 saturated carbocycles. The molecule has 0 bridgehead atoms. The average Bonchev–Trinajstić information content (AvgIpc) is 3.09. The van der Waals surface area contributed by atoms with Crippen LogP contribution in [0.4, 0.5) is 0 Å². The van der Waals surface area contributed by atoms with Crippen LogP contribution in [0.1, 0.15) is 61.0 Å². The number of aromatic nitrogens is 1. The number of carbonyl (C=O) groups excluding carboxylic acids is 1. The van der Waals surface area contributed by atoms with Crippen LogP contribution in [0.15, 0.2) is 15.3 Å². The number of rotatable bonds is 0. The number of halogens is 1. The van der Waals surface area contributed by atoms with E-state index in [0.29, 0.717) is 15.6 Å². The Morgan fingerprint density at radius 3 is 2.62 bits per heavy atom. The first-order valence-corrected chi connectivity index (χ1v) is 8.51. The van der Waals surface area contributed by atoms with E-state index in [1.165, 1.54) is 25.7 Å². The van der Waals surface area contributed by atoms with Gasteiger partial charge in [-0.15, -0.1) is 0 Å². The molecule has 1 N–H and O–H groups in total. The normalized spacial score (nSPS) is 29.3. The number of carbonyl (C=O) groups is 1. The SMILES string of the molecule is Cc1cc(Br)c(=O)n2c1C(=O)NC21CCC2(CCCC2)C1. The lowest BCUT2D eigenvalue weighted by atomic mass is 9.83. The Balaban J connectivity index is 1.89. The summed E-state index contributed by atoms with van der Waals surface area (Å²) < 4.78 is 2.30. The van der Waals surface area contributed by atoms with Crippen molar-refractivity contribution in [1.82, 2.24) is 9.88 Å². The molecular weight excluding hydrogens is 332 g/mol. The molecule has 1 aliphatic heterocycles. The maximum Gasteiger partial charge on any atom is 0.270 e. The molecule has 0 aromatic carbocycles. The minimum Gasteiger partial charge on any atom is -0.327 e. The summed E-state index contributed by atoms with van der Waals surface area (Å²) in [6, 6.07) is 1.76. The van der Waals surface area contributed by atoms with Crippen LogP contribution < -0.4 is 10.9 Å². The van der Waals surface area contributed by atoms with Crippen LogP contribution in [-0.2, 0) is 5.66 Å². The maximum absolute atomic E-state index is 12.6. The molecule has 1 unspecified atom stereocenters. The number of amides is 1. The van der Waals surface area contributed by atoms with Gasteiger partial charge in [0.15, 0.2) is 0 Å². The first kappa shape index (κ1) is 13.6. The van der Waals surface area contributed by atoms with E-state index < -0.39 is 5.66 Å². The molecule has 4 nitrogen and oxygen atoms in total. The third-order valence-corrected chi connectivity index (χ3v) is 6.31.